The lowest BCUT2D eigenvalue weighted by Gasteiger charge is -2.20. The van der Waals surface area contributed by atoms with Crippen LogP contribution < -0.4 is 5.32 Å². The molecule has 9 heteroatoms. The molecule has 0 spiro atoms. The van der Waals surface area contributed by atoms with Gasteiger partial charge in [0.05, 0.1) is 26.8 Å². The minimum atomic E-state index is -0.139. The Hall–Kier alpha value is -2.87. The largest absolute Gasteiger partial charge is 0.505 e. The van der Waals surface area contributed by atoms with Crippen LogP contribution in [-0.2, 0) is 6.54 Å². The number of benzene rings is 3. The summed E-state index contributed by atoms with van der Waals surface area (Å²) in [5.41, 5.74) is 5.93. The minimum Gasteiger partial charge on any atom is -0.505 e. The number of nitrogens with one attached hydrogen (secondary N) is 1. The van der Waals surface area contributed by atoms with Crippen LogP contribution in [0, 0.1) is 5.92 Å². The third-order valence-electron chi connectivity index (χ3n) is 8.04. The topological polar surface area (TPSA) is 68.7 Å². The summed E-state index contributed by atoms with van der Waals surface area (Å²) in [6.45, 7) is 3.12. The Kier molecular flexibility index (Phi) is 8.78. The number of carbonyl (C=O) groups excluding carboxylic acids is 1. The Labute approximate surface area is 256 Å². The molecule has 1 aromatic heterocycles. The zero-order valence-electron chi connectivity index (χ0n) is 23.0. The lowest BCUT2D eigenvalue weighted by Crippen LogP contribution is -2.31. The van der Waals surface area contributed by atoms with Gasteiger partial charge in [-0.2, -0.15) is 0 Å². The van der Waals surface area contributed by atoms with Crippen LogP contribution in [0.4, 0.5) is 11.4 Å². The van der Waals surface area contributed by atoms with Gasteiger partial charge in [-0.3, -0.25) is 14.7 Å². The highest BCUT2D eigenvalue weighted by molar-refractivity contribution is 6.37. The van der Waals surface area contributed by atoms with Gasteiger partial charge in [0.1, 0.15) is 0 Å². The molecule has 0 radical (unpaired) electrons. The van der Waals surface area contributed by atoms with Crippen LogP contribution in [0.15, 0.2) is 60.8 Å². The van der Waals surface area contributed by atoms with E-state index in [1.807, 2.05) is 18.2 Å². The number of Topliss-reactive ketones (excluding diaryl/α,β-unsaturated/α-hetero) is 1. The Morgan fingerprint density at radius 1 is 1.02 bits per heavy atom. The standard InChI is InChI=1S/C32H32Cl2N4O2.ClH/c1-37(2)24-11-12-38(18-24)17-19-3-8-23(9-4-19)36-30-25-13-21(22-14-27(33)32(40)28(34)15-22)7-10-29(25)35-16-26(30)31(39)20-5-6-20;/h3-4,7-10,13-16,20,24,40H,5-6,11-12,17-18H2,1-2H3,(H,35,36);1H. The van der Waals surface area contributed by atoms with E-state index in [1.165, 1.54) is 12.0 Å². The van der Waals surface area contributed by atoms with Gasteiger partial charge in [-0.15, -0.1) is 12.4 Å². The van der Waals surface area contributed by atoms with Gasteiger partial charge in [0.2, 0.25) is 0 Å². The lowest BCUT2D eigenvalue weighted by molar-refractivity contribution is 0.0968. The number of hydrogen-bond donors (Lipinski definition) is 2. The highest BCUT2D eigenvalue weighted by Gasteiger charge is 2.32. The Morgan fingerprint density at radius 2 is 1.73 bits per heavy atom. The Bertz CT molecular complexity index is 1570. The van der Waals surface area contributed by atoms with Crippen molar-refractivity contribution in [1.82, 2.24) is 14.8 Å². The molecule has 6 nitrogen and oxygen atoms in total. The number of nitrogens with zero attached hydrogens (tertiary/aromatic N) is 3. The minimum absolute atomic E-state index is 0. The van der Waals surface area contributed by atoms with Gasteiger partial charge in [0.25, 0.3) is 0 Å². The first-order valence-corrected chi connectivity index (χ1v) is 14.4. The number of carbonyl (C=O) groups is 1. The molecule has 0 amide bonds. The van der Waals surface area contributed by atoms with E-state index in [0.717, 1.165) is 65.9 Å². The molecule has 2 fully saturated rings. The third-order valence-corrected chi connectivity index (χ3v) is 8.62. The maximum Gasteiger partial charge on any atom is 0.169 e. The van der Waals surface area contributed by atoms with Crippen molar-refractivity contribution < 1.29 is 9.90 Å². The molecule has 1 unspecified atom stereocenters. The second kappa shape index (κ2) is 12.2. The molecule has 1 saturated carbocycles. The van der Waals surface area contributed by atoms with Crippen LogP contribution in [0.3, 0.4) is 0 Å². The molecule has 2 aliphatic rings. The van der Waals surface area contributed by atoms with Crippen molar-refractivity contribution in [2.75, 3.05) is 32.5 Å². The van der Waals surface area contributed by atoms with E-state index in [0.29, 0.717) is 11.6 Å². The first-order valence-electron chi connectivity index (χ1n) is 13.7. The number of fused-ring (bicyclic) bond motifs is 1. The number of phenolic OH excluding ortho intramolecular Hbond substituents is 1. The summed E-state index contributed by atoms with van der Waals surface area (Å²) in [4.78, 5) is 22.7. The van der Waals surface area contributed by atoms with Crippen molar-refractivity contribution in [2.24, 2.45) is 5.92 Å². The van der Waals surface area contributed by atoms with Crippen LogP contribution in [0.5, 0.6) is 5.75 Å². The number of anilines is 2. The molecule has 1 atom stereocenters. The normalized spacial score (nSPS) is 17.1. The van der Waals surface area contributed by atoms with Gasteiger partial charge in [0.15, 0.2) is 11.5 Å². The first-order chi connectivity index (χ1) is 19.3. The zero-order valence-corrected chi connectivity index (χ0v) is 25.4. The van der Waals surface area contributed by atoms with Crippen molar-refractivity contribution >= 4 is 63.7 Å². The van der Waals surface area contributed by atoms with Crippen LogP contribution in [0.25, 0.3) is 22.0 Å². The predicted molar refractivity (Wildman–Crippen MR) is 170 cm³/mol. The number of hydrogen-bond acceptors (Lipinski definition) is 6. The average Bonchev–Trinajstić information content (AvgIpc) is 3.70. The van der Waals surface area contributed by atoms with Crippen molar-refractivity contribution in [3.05, 3.63) is 82.0 Å². The van der Waals surface area contributed by atoms with E-state index in [4.69, 9.17) is 23.2 Å². The number of halogens is 3. The van der Waals surface area contributed by atoms with Crippen molar-refractivity contribution in [3.8, 4) is 16.9 Å². The summed E-state index contributed by atoms with van der Waals surface area (Å²) >= 11 is 12.4. The van der Waals surface area contributed by atoms with E-state index in [2.05, 4.69) is 58.5 Å². The smallest absolute Gasteiger partial charge is 0.169 e. The fourth-order valence-electron chi connectivity index (χ4n) is 5.46. The number of aromatic nitrogens is 1. The van der Waals surface area contributed by atoms with Gasteiger partial charge in [-0.25, -0.2) is 0 Å². The van der Waals surface area contributed by atoms with Gasteiger partial charge in [0, 0.05) is 48.9 Å². The average molecular weight is 612 g/mol. The number of phenols is 1. The van der Waals surface area contributed by atoms with Crippen molar-refractivity contribution in [3.63, 3.8) is 0 Å². The second-order valence-electron chi connectivity index (χ2n) is 11.2. The molecule has 41 heavy (non-hydrogen) atoms. The third kappa shape index (κ3) is 6.32. The maximum absolute atomic E-state index is 13.3. The molecule has 1 aliphatic heterocycles. The van der Waals surface area contributed by atoms with E-state index >= 15 is 0 Å². The number of aromatic hydroxyl groups is 1. The summed E-state index contributed by atoms with van der Waals surface area (Å²) in [7, 11) is 4.30. The van der Waals surface area contributed by atoms with Crippen LogP contribution in [0.2, 0.25) is 10.0 Å². The number of likely N-dealkylation sites (N-methyl/N-ethyl adjacent to an activating group) is 1. The van der Waals surface area contributed by atoms with Crippen LogP contribution in [-0.4, -0.2) is 58.9 Å². The summed E-state index contributed by atoms with van der Waals surface area (Å²) in [5.74, 6) is 0.0468. The fourth-order valence-corrected chi connectivity index (χ4v) is 5.95. The molecule has 6 rings (SSSR count). The number of rotatable bonds is 8. The molecular weight excluding hydrogens is 579 g/mol. The molecule has 0 bridgehead atoms. The maximum atomic E-state index is 13.3. The molecule has 1 aliphatic carbocycles. The fraction of sp³-hybridized carbons (Fsp3) is 0.312. The quantitative estimate of drug-likeness (QED) is 0.198. The van der Waals surface area contributed by atoms with Gasteiger partial charge >= 0.3 is 0 Å². The molecule has 2 heterocycles. The van der Waals surface area contributed by atoms with E-state index in [9.17, 15) is 9.90 Å². The monoisotopic (exact) mass is 610 g/mol. The second-order valence-corrected chi connectivity index (χ2v) is 12.0. The van der Waals surface area contributed by atoms with Crippen molar-refractivity contribution in [2.45, 2.75) is 31.8 Å². The van der Waals surface area contributed by atoms with Crippen LogP contribution in [0.1, 0.15) is 35.2 Å². The van der Waals surface area contributed by atoms with E-state index < -0.39 is 0 Å². The molecule has 4 aromatic rings. The highest BCUT2D eigenvalue weighted by atomic mass is 35.5. The number of pyridine rings is 1. The van der Waals surface area contributed by atoms with Crippen LogP contribution >= 0.6 is 35.6 Å². The predicted octanol–water partition coefficient (Wildman–Crippen LogP) is 7.81. The molecule has 3 aromatic carbocycles. The molecule has 214 valence electrons. The van der Waals surface area contributed by atoms with E-state index in [-0.39, 0.29) is 39.9 Å². The summed E-state index contributed by atoms with van der Waals surface area (Å²) in [6, 6.07) is 18.3. The van der Waals surface area contributed by atoms with Gasteiger partial charge in [-0.1, -0.05) is 41.4 Å². The molecular formula is C32H33Cl3N4O2. The number of likely N-dealkylation sites (tertiary alicyclic amines) is 1. The Balaban J connectivity index is 0.00000337. The highest BCUT2D eigenvalue weighted by Crippen LogP contribution is 2.40. The van der Waals surface area contributed by atoms with Gasteiger partial charge < -0.3 is 15.3 Å². The number of ketones is 1. The SMILES string of the molecule is CN(C)C1CCN(Cc2ccc(Nc3c(C(=O)C4CC4)cnc4ccc(-c5cc(Cl)c(O)c(Cl)c5)cc34)cc2)C1.Cl. The summed E-state index contributed by atoms with van der Waals surface area (Å²) < 4.78 is 0. The summed E-state index contributed by atoms with van der Waals surface area (Å²) in [6.07, 6.45) is 4.73. The zero-order chi connectivity index (χ0) is 28.0. The molecule has 1 saturated heterocycles. The lowest BCUT2D eigenvalue weighted by atomic mass is 9.98. The molecule has 2 N–H and O–H groups in total. The van der Waals surface area contributed by atoms with Gasteiger partial charge in [-0.05, 0) is 86.4 Å². The van der Waals surface area contributed by atoms with Crippen molar-refractivity contribution in [1.29, 1.82) is 0 Å². The summed E-state index contributed by atoms with van der Waals surface area (Å²) in [5, 5.41) is 14.8. The Morgan fingerprint density at radius 3 is 2.37 bits per heavy atom. The first kappa shape index (κ1) is 29.6. The van der Waals surface area contributed by atoms with E-state index in [1.54, 1.807) is 18.3 Å².